The number of ketones is 1. The van der Waals surface area contributed by atoms with Crippen molar-refractivity contribution >= 4 is 40.5 Å². The Kier molecular flexibility index (Phi) is 7.32. The van der Waals surface area contributed by atoms with Gasteiger partial charge in [0.25, 0.3) is 0 Å². The van der Waals surface area contributed by atoms with E-state index in [0.717, 1.165) is 12.1 Å². The number of carbonyl (C=O) groups is 4. The van der Waals surface area contributed by atoms with Gasteiger partial charge >= 0.3 is 6.36 Å². The van der Waals surface area contributed by atoms with Gasteiger partial charge in [-0.05, 0) is 42.7 Å². The maximum absolute atomic E-state index is 13.7. The zero-order valence-corrected chi connectivity index (χ0v) is 21.7. The third kappa shape index (κ3) is 6.14. The Bertz CT molecular complexity index is 1440. The monoisotopic (exact) mass is 572 g/mol. The van der Waals surface area contributed by atoms with E-state index in [1.165, 1.54) is 28.4 Å². The van der Waals surface area contributed by atoms with E-state index in [-0.39, 0.29) is 36.6 Å². The van der Waals surface area contributed by atoms with Crippen molar-refractivity contribution in [1.29, 1.82) is 0 Å². The summed E-state index contributed by atoms with van der Waals surface area (Å²) in [5.41, 5.74) is -0.0915. The number of hydrogen-bond donors (Lipinski definition) is 2. The summed E-state index contributed by atoms with van der Waals surface area (Å²) in [7, 11) is 0. The highest BCUT2D eigenvalue weighted by Gasteiger charge is 2.52. The minimum atomic E-state index is -4.84. The average molecular weight is 573 g/mol. The SMILES string of the molecule is O=C(Cc1nccs1)NC1(C(=O)N[C@@H]2CC(=O)c3ccccc3N(Cc3ccc(OC(F)(F)F)cc3)C2=O)CC1. The largest absolute Gasteiger partial charge is 0.573 e. The molecule has 5 rings (SSSR count). The van der Waals surface area contributed by atoms with E-state index in [0.29, 0.717) is 29.1 Å². The molecule has 1 saturated carbocycles. The highest BCUT2D eigenvalue weighted by molar-refractivity contribution is 7.09. The highest BCUT2D eigenvalue weighted by atomic mass is 32.1. The van der Waals surface area contributed by atoms with Gasteiger partial charge in [0.15, 0.2) is 5.78 Å². The van der Waals surface area contributed by atoms with Crippen molar-refractivity contribution in [1.82, 2.24) is 15.6 Å². The van der Waals surface area contributed by atoms with Crippen LogP contribution >= 0.6 is 11.3 Å². The van der Waals surface area contributed by atoms with Crippen LogP contribution in [0.4, 0.5) is 18.9 Å². The Morgan fingerprint density at radius 3 is 2.48 bits per heavy atom. The number of aromatic nitrogens is 1. The van der Waals surface area contributed by atoms with Crippen LogP contribution in [0.1, 0.15) is 40.2 Å². The minimum absolute atomic E-state index is 0.0173. The topological polar surface area (TPSA) is 118 Å². The number of carbonyl (C=O) groups excluding carboxylic acids is 4. The first-order valence-electron chi connectivity index (χ1n) is 12.3. The molecule has 1 aromatic heterocycles. The average Bonchev–Trinajstić information content (AvgIpc) is 3.52. The van der Waals surface area contributed by atoms with E-state index in [1.807, 2.05) is 0 Å². The van der Waals surface area contributed by atoms with Gasteiger partial charge in [0, 0.05) is 23.6 Å². The van der Waals surface area contributed by atoms with Gasteiger partial charge in [0.05, 0.1) is 18.7 Å². The summed E-state index contributed by atoms with van der Waals surface area (Å²) in [5.74, 6) is -2.27. The van der Waals surface area contributed by atoms with Gasteiger partial charge in [-0.1, -0.05) is 24.3 Å². The third-order valence-corrected chi connectivity index (χ3v) is 7.39. The minimum Gasteiger partial charge on any atom is -0.406 e. The standard InChI is InChI=1S/C27H23F3N4O5S/c28-27(29,30)39-17-7-5-16(6-8-17)15-34-20-4-2-1-3-18(20)21(35)13-19(24(34)37)32-25(38)26(9-10-26)33-22(36)14-23-31-11-12-40-23/h1-8,11-12,19H,9-10,13-15H2,(H,32,38)(H,33,36)/t19-/m1/s1. The van der Waals surface area contributed by atoms with Gasteiger partial charge in [0.2, 0.25) is 17.7 Å². The molecule has 2 aliphatic rings. The Morgan fingerprint density at radius 2 is 1.82 bits per heavy atom. The molecule has 9 nitrogen and oxygen atoms in total. The van der Waals surface area contributed by atoms with Crippen LogP contribution in [0.25, 0.3) is 0 Å². The van der Waals surface area contributed by atoms with Crippen LogP contribution in [0.2, 0.25) is 0 Å². The number of nitrogens with zero attached hydrogens (tertiary/aromatic N) is 2. The van der Waals surface area contributed by atoms with Crippen molar-refractivity contribution in [2.45, 2.75) is 50.2 Å². The summed E-state index contributed by atoms with van der Waals surface area (Å²) in [4.78, 5) is 58.0. The molecule has 208 valence electrons. The number of halogens is 3. The summed E-state index contributed by atoms with van der Waals surface area (Å²) in [6.45, 7) is -0.0719. The fourth-order valence-electron chi connectivity index (χ4n) is 4.51. The summed E-state index contributed by atoms with van der Waals surface area (Å²) in [6, 6.07) is 10.3. The first kappa shape index (κ1) is 27.3. The molecule has 0 bridgehead atoms. The van der Waals surface area contributed by atoms with E-state index in [1.54, 1.807) is 35.8 Å². The van der Waals surface area contributed by atoms with Gasteiger partial charge < -0.3 is 20.3 Å². The number of rotatable bonds is 8. The molecule has 2 aromatic carbocycles. The summed E-state index contributed by atoms with van der Waals surface area (Å²) in [5, 5.41) is 7.75. The molecule has 2 heterocycles. The van der Waals surface area contributed by atoms with Crippen molar-refractivity contribution in [3.8, 4) is 5.75 Å². The Balaban J connectivity index is 1.33. The van der Waals surface area contributed by atoms with Crippen molar-refractivity contribution in [2.24, 2.45) is 0 Å². The molecule has 1 atom stereocenters. The lowest BCUT2D eigenvalue weighted by Gasteiger charge is -2.27. The Hall–Kier alpha value is -4.26. The highest BCUT2D eigenvalue weighted by Crippen LogP contribution is 2.36. The number of fused-ring (bicyclic) bond motifs is 1. The maximum atomic E-state index is 13.7. The van der Waals surface area contributed by atoms with Crippen LogP contribution in [-0.4, -0.2) is 46.4 Å². The second-order valence-electron chi connectivity index (χ2n) is 9.52. The summed E-state index contributed by atoms with van der Waals surface area (Å²) < 4.78 is 41.5. The lowest BCUT2D eigenvalue weighted by atomic mass is 10.0. The number of benzene rings is 2. The number of Topliss-reactive ketones (excluding diaryl/α,β-unsaturated/α-hetero) is 1. The van der Waals surface area contributed by atoms with E-state index < -0.39 is 35.5 Å². The smallest absolute Gasteiger partial charge is 0.406 e. The van der Waals surface area contributed by atoms with Crippen LogP contribution in [0.15, 0.2) is 60.1 Å². The van der Waals surface area contributed by atoms with Crippen LogP contribution in [0.5, 0.6) is 5.75 Å². The van der Waals surface area contributed by atoms with Gasteiger partial charge in [-0.3, -0.25) is 19.2 Å². The zero-order valence-electron chi connectivity index (χ0n) is 20.9. The van der Waals surface area contributed by atoms with Gasteiger partial charge in [-0.2, -0.15) is 0 Å². The van der Waals surface area contributed by atoms with E-state index >= 15 is 0 Å². The number of thiazole rings is 1. The molecule has 3 aromatic rings. The van der Waals surface area contributed by atoms with E-state index in [2.05, 4.69) is 20.4 Å². The van der Waals surface area contributed by atoms with Crippen LogP contribution < -0.4 is 20.3 Å². The third-order valence-electron chi connectivity index (χ3n) is 6.61. The molecule has 40 heavy (non-hydrogen) atoms. The van der Waals surface area contributed by atoms with Crippen LogP contribution in [0, 0.1) is 0 Å². The van der Waals surface area contributed by atoms with Crippen molar-refractivity contribution in [3.05, 3.63) is 76.2 Å². The molecular weight excluding hydrogens is 549 g/mol. The predicted molar refractivity (Wildman–Crippen MR) is 138 cm³/mol. The van der Waals surface area contributed by atoms with Gasteiger partial charge in [0.1, 0.15) is 22.3 Å². The number of ether oxygens (including phenoxy) is 1. The van der Waals surface area contributed by atoms with E-state index in [9.17, 15) is 32.3 Å². The predicted octanol–water partition coefficient (Wildman–Crippen LogP) is 3.54. The first-order valence-corrected chi connectivity index (χ1v) is 13.2. The molecule has 0 saturated heterocycles. The maximum Gasteiger partial charge on any atom is 0.573 e. The molecule has 1 aliphatic heterocycles. The molecule has 1 fully saturated rings. The van der Waals surface area contributed by atoms with Crippen LogP contribution in [-0.2, 0) is 27.3 Å². The fraction of sp³-hybridized carbons (Fsp3) is 0.296. The molecule has 3 amide bonds. The quantitative estimate of drug-likeness (QED) is 0.427. The lowest BCUT2D eigenvalue weighted by Crippen LogP contribution is -2.55. The second-order valence-corrected chi connectivity index (χ2v) is 10.5. The molecule has 1 aliphatic carbocycles. The molecule has 0 unspecified atom stereocenters. The number of nitrogens with one attached hydrogen (secondary N) is 2. The molecule has 2 N–H and O–H groups in total. The number of anilines is 1. The van der Waals surface area contributed by atoms with Gasteiger partial charge in [-0.15, -0.1) is 24.5 Å². The zero-order chi connectivity index (χ0) is 28.5. The fourth-order valence-corrected chi connectivity index (χ4v) is 5.12. The molecule has 0 spiro atoms. The summed E-state index contributed by atoms with van der Waals surface area (Å²) >= 11 is 1.32. The van der Waals surface area contributed by atoms with Crippen molar-refractivity contribution < 1.29 is 37.1 Å². The number of para-hydroxylation sites is 1. The first-order chi connectivity index (χ1) is 19.0. The van der Waals surface area contributed by atoms with Crippen molar-refractivity contribution in [2.75, 3.05) is 4.90 Å². The Labute approximate surface area is 230 Å². The Morgan fingerprint density at radius 1 is 1.10 bits per heavy atom. The van der Waals surface area contributed by atoms with Crippen molar-refractivity contribution in [3.63, 3.8) is 0 Å². The number of alkyl halides is 3. The number of amides is 3. The normalized spacial score (nSPS) is 18.0. The molecule has 13 heteroatoms. The molecular formula is C27H23F3N4O5S. The number of hydrogen-bond acceptors (Lipinski definition) is 7. The van der Waals surface area contributed by atoms with Gasteiger partial charge in [-0.25, -0.2) is 4.98 Å². The lowest BCUT2D eigenvalue weighted by molar-refractivity contribution is -0.274. The van der Waals surface area contributed by atoms with Crippen LogP contribution in [0.3, 0.4) is 0 Å². The second kappa shape index (κ2) is 10.7. The van der Waals surface area contributed by atoms with E-state index in [4.69, 9.17) is 0 Å². The summed E-state index contributed by atoms with van der Waals surface area (Å²) in [6.07, 6.45) is -2.77. The molecule has 0 radical (unpaired) electrons.